The van der Waals surface area contributed by atoms with E-state index in [2.05, 4.69) is 4.72 Å². The van der Waals surface area contributed by atoms with Crippen molar-refractivity contribution in [2.75, 3.05) is 6.54 Å². The topological polar surface area (TPSA) is 96.0 Å². The number of sulfonamides is 1. The summed E-state index contributed by atoms with van der Waals surface area (Å²) in [5.41, 5.74) is 6.31. The summed E-state index contributed by atoms with van der Waals surface area (Å²) in [7, 11) is -3.57. The molecule has 3 N–H and O–H groups in total. The van der Waals surface area contributed by atoms with E-state index in [1.807, 2.05) is 6.07 Å². The van der Waals surface area contributed by atoms with Gasteiger partial charge in [-0.15, -0.1) is 0 Å². The van der Waals surface area contributed by atoms with Crippen molar-refractivity contribution >= 4 is 10.0 Å². The van der Waals surface area contributed by atoms with Gasteiger partial charge in [0, 0.05) is 12.1 Å². The molecule has 0 atom stereocenters. The first-order chi connectivity index (χ1) is 9.95. The third-order valence-corrected chi connectivity index (χ3v) is 5.42. The summed E-state index contributed by atoms with van der Waals surface area (Å²) in [6.45, 7) is 0.259. The van der Waals surface area contributed by atoms with Gasteiger partial charge in [0.15, 0.2) is 0 Å². The van der Waals surface area contributed by atoms with Crippen LogP contribution in [0.2, 0.25) is 0 Å². The van der Waals surface area contributed by atoms with Gasteiger partial charge in [-0.1, -0.05) is 25.7 Å². The summed E-state index contributed by atoms with van der Waals surface area (Å²) >= 11 is 0. The van der Waals surface area contributed by atoms with Gasteiger partial charge < -0.3 is 5.73 Å². The number of rotatable bonds is 4. The highest BCUT2D eigenvalue weighted by Crippen LogP contribution is 2.24. The molecule has 1 aromatic rings. The Morgan fingerprint density at radius 1 is 1.14 bits per heavy atom. The Hall–Kier alpha value is -1.42. The van der Waals surface area contributed by atoms with Crippen LogP contribution in [0.15, 0.2) is 29.2 Å². The highest BCUT2D eigenvalue weighted by atomic mass is 32.2. The number of hydrogen-bond acceptors (Lipinski definition) is 4. The molecule has 0 unspecified atom stereocenters. The van der Waals surface area contributed by atoms with Crippen LogP contribution < -0.4 is 10.5 Å². The number of nitrogens with zero attached hydrogens (tertiary/aromatic N) is 1. The van der Waals surface area contributed by atoms with E-state index < -0.39 is 15.6 Å². The van der Waals surface area contributed by atoms with Crippen molar-refractivity contribution in [3.05, 3.63) is 29.8 Å². The molecule has 0 aliphatic heterocycles. The summed E-state index contributed by atoms with van der Waals surface area (Å²) in [5.74, 6) is 0. The van der Waals surface area contributed by atoms with Gasteiger partial charge in [-0.05, 0) is 37.1 Å². The van der Waals surface area contributed by atoms with Gasteiger partial charge in [-0.2, -0.15) is 5.26 Å². The van der Waals surface area contributed by atoms with Crippen LogP contribution in [-0.4, -0.2) is 20.5 Å². The second kappa shape index (κ2) is 6.56. The van der Waals surface area contributed by atoms with Crippen molar-refractivity contribution in [3.63, 3.8) is 0 Å². The van der Waals surface area contributed by atoms with Gasteiger partial charge in [0.2, 0.25) is 10.0 Å². The van der Waals surface area contributed by atoms with Crippen LogP contribution in [0.5, 0.6) is 0 Å². The second-order valence-electron chi connectivity index (χ2n) is 5.74. The Kier molecular flexibility index (Phi) is 4.99. The molecule has 21 heavy (non-hydrogen) atoms. The first kappa shape index (κ1) is 16.0. The van der Waals surface area contributed by atoms with Gasteiger partial charge in [0.05, 0.1) is 16.5 Å². The predicted molar refractivity (Wildman–Crippen MR) is 81.0 cm³/mol. The smallest absolute Gasteiger partial charge is 0.240 e. The molecule has 0 bridgehead atoms. The van der Waals surface area contributed by atoms with Crippen LogP contribution in [0.4, 0.5) is 0 Å². The van der Waals surface area contributed by atoms with Crippen molar-refractivity contribution in [3.8, 4) is 6.07 Å². The lowest BCUT2D eigenvalue weighted by atomic mass is 9.92. The second-order valence-corrected chi connectivity index (χ2v) is 7.50. The molecule has 0 radical (unpaired) electrons. The third kappa shape index (κ3) is 4.27. The molecule has 114 valence electrons. The third-order valence-electron chi connectivity index (χ3n) is 4.01. The molecule has 0 aromatic heterocycles. The average molecular weight is 307 g/mol. The maximum atomic E-state index is 12.3. The summed E-state index contributed by atoms with van der Waals surface area (Å²) in [5, 5.41) is 8.73. The zero-order chi connectivity index (χ0) is 15.3. The van der Waals surface area contributed by atoms with Gasteiger partial charge in [0.1, 0.15) is 0 Å². The Bertz CT molecular complexity index is 609. The van der Waals surface area contributed by atoms with E-state index in [1.54, 1.807) is 0 Å². The highest BCUT2D eigenvalue weighted by Gasteiger charge is 2.28. The zero-order valence-electron chi connectivity index (χ0n) is 12.0. The standard InChI is InChI=1S/C15H21N3O2S/c16-11-13-5-7-14(8-6-13)21(19,20)18-12-15(17)9-3-1-2-4-10-15/h5-8,18H,1-4,9-10,12,17H2. The molecule has 1 aromatic carbocycles. The minimum atomic E-state index is -3.57. The fourth-order valence-electron chi connectivity index (χ4n) is 2.64. The van der Waals surface area contributed by atoms with E-state index in [0.29, 0.717) is 5.56 Å². The SMILES string of the molecule is N#Cc1ccc(S(=O)(=O)NCC2(N)CCCCCC2)cc1. The molecule has 1 saturated carbocycles. The quantitative estimate of drug-likeness (QED) is 0.830. The fourth-order valence-corrected chi connectivity index (χ4v) is 3.78. The van der Waals surface area contributed by atoms with Crippen LogP contribution in [0, 0.1) is 11.3 Å². The molecule has 0 heterocycles. The van der Waals surface area contributed by atoms with Crippen LogP contribution in [0.25, 0.3) is 0 Å². The van der Waals surface area contributed by atoms with E-state index in [4.69, 9.17) is 11.0 Å². The summed E-state index contributed by atoms with van der Waals surface area (Å²) in [4.78, 5) is 0.165. The van der Waals surface area contributed by atoms with Gasteiger partial charge in [-0.25, -0.2) is 13.1 Å². The lowest BCUT2D eigenvalue weighted by Crippen LogP contribution is -2.49. The number of hydrogen-bond donors (Lipinski definition) is 2. The maximum absolute atomic E-state index is 12.3. The van der Waals surface area contributed by atoms with Gasteiger partial charge in [-0.3, -0.25) is 0 Å². The molecule has 5 nitrogen and oxygen atoms in total. The average Bonchev–Trinajstić information content (AvgIpc) is 2.71. The van der Waals surface area contributed by atoms with Crippen LogP contribution in [0.1, 0.15) is 44.1 Å². The first-order valence-electron chi connectivity index (χ1n) is 7.24. The zero-order valence-corrected chi connectivity index (χ0v) is 12.8. The Morgan fingerprint density at radius 2 is 1.71 bits per heavy atom. The van der Waals surface area contributed by atoms with Gasteiger partial charge in [0.25, 0.3) is 0 Å². The van der Waals surface area contributed by atoms with Crippen molar-refractivity contribution in [1.29, 1.82) is 5.26 Å². The Balaban J connectivity index is 2.04. The van der Waals surface area contributed by atoms with Crippen LogP contribution in [0.3, 0.4) is 0 Å². The minimum absolute atomic E-state index is 0.165. The van der Waals surface area contributed by atoms with Crippen LogP contribution >= 0.6 is 0 Å². The van der Waals surface area contributed by atoms with Gasteiger partial charge >= 0.3 is 0 Å². The lowest BCUT2D eigenvalue weighted by molar-refractivity contribution is 0.369. The van der Waals surface area contributed by atoms with Crippen molar-refractivity contribution in [2.24, 2.45) is 5.73 Å². The Morgan fingerprint density at radius 3 is 2.24 bits per heavy atom. The predicted octanol–water partition coefficient (Wildman–Crippen LogP) is 1.89. The number of nitrogens with one attached hydrogen (secondary N) is 1. The molecule has 2 rings (SSSR count). The monoisotopic (exact) mass is 307 g/mol. The van der Waals surface area contributed by atoms with E-state index >= 15 is 0 Å². The van der Waals surface area contributed by atoms with Crippen molar-refractivity contribution in [1.82, 2.24) is 4.72 Å². The van der Waals surface area contributed by atoms with E-state index in [0.717, 1.165) is 25.7 Å². The molecule has 0 amide bonds. The number of nitrogens with two attached hydrogens (primary N) is 1. The maximum Gasteiger partial charge on any atom is 0.240 e. The Labute approximate surface area is 126 Å². The molecule has 0 spiro atoms. The summed E-state index contributed by atoms with van der Waals surface area (Å²) in [6.07, 6.45) is 6.14. The summed E-state index contributed by atoms with van der Waals surface area (Å²) < 4.78 is 27.1. The number of nitriles is 1. The van der Waals surface area contributed by atoms with Crippen molar-refractivity contribution < 1.29 is 8.42 Å². The largest absolute Gasteiger partial charge is 0.324 e. The molecule has 1 aliphatic carbocycles. The molecule has 1 aliphatic rings. The first-order valence-corrected chi connectivity index (χ1v) is 8.72. The van der Waals surface area contributed by atoms with E-state index in [1.165, 1.54) is 37.1 Å². The minimum Gasteiger partial charge on any atom is -0.324 e. The lowest BCUT2D eigenvalue weighted by Gasteiger charge is -2.28. The highest BCUT2D eigenvalue weighted by molar-refractivity contribution is 7.89. The van der Waals surface area contributed by atoms with Crippen LogP contribution in [-0.2, 0) is 10.0 Å². The summed E-state index contributed by atoms with van der Waals surface area (Å²) in [6, 6.07) is 7.85. The molecule has 6 heteroatoms. The number of benzene rings is 1. The van der Waals surface area contributed by atoms with E-state index in [-0.39, 0.29) is 11.4 Å². The van der Waals surface area contributed by atoms with Crippen molar-refractivity contribution in [2.45, 2.75) is 49.0 Å². The molecular weight excluding hydrogens is 286 g/mol. The molecular formula is C15H21N3O2S. The molecule has 1 fully saturated rings. The fraction of sp³-hybridized carbons (Fsp3) is 0.533. The normalized spacial score (nSPS) is 18.7. The van der Waals surface area contributed by atoms with E-state index in [9.17, 15) is 8.42 Å². The molecule has 0 saturated heterocycles.